The van der Waals surface area contributed by atoms with Crippen molar-refractivity contribution in [1.82, 2.24) is 10.6 Å². The number of nitrogens with one attached hydrogen (secondary N) is 2. The van der Waals surface area contributed by atoms with Crippen LogP contribution in [0.1, 0.15) is 43.9 Å². The van der Waals surface area contributed by atoms with E-state index in [0.29, 0.717) is 30.7 Å². The third kappa shape index (κ3) is 8.88. The molecule has 32 heavy (non-hydrogen) atoms. The van der Waals surface area contributed by atoms with Gasteiger partial charge in [0.1, 0.15) is 11.5 Å². The van der Waals surface area contributed by atoms with Crippen LogP contribution in [0.4, 0.5) is 0 Å². The lowest BCUT2D eigenvalue weighted by atomic mass is 10.1. The first-order chi connectivity index (χ1) is 15.3. The van der Waals surface area contributed by atoms with Gasteiger partial charge in [0.25, 0.3) is 5.91 Å². The highest BCUT2D eigenvalue weighted by atomic mass is 16.5. The van der Waals surface area contributed by atoms with E-state index in [1.807, 2.05) is 18.2 Å². The van der Waals surface area contributed by atoms with E-state index in [1.54, 1.807) is 13.1 Å². The van der Waals surface area contributed by atoms with Gasteiger partial charge in [-0.3, -0.25) is 9.79 Å². The highest BCUT2D eigenvalue weighted by Crippen LogP contribution is 2.23. The van der Waals surface area contributed by atoms with Crippen molar-refractivity contribution < 1.29 is 14.3 Å². The average molecular weight is 441 g/mol. The van der Waals surface area contributed by atoms with E-state index in [1.165, 1.54) is 5.56 Å². The zero-order valence-corrected chi connectivity index (χ0v) is 19.8. The molecule has 4 N–H and O–H groups in total. The summed E-state index contributed by atoms with van der Waals surface area (Å²) in [6.45, 7) is 9.58. The van der Waals surface area contributed by atoms with Crippen molar-refractivity contribution in [3.8, 4) is 11.5 Å². The Kier molecular flexibility index (Phi) is 9.85. The van der Waals surface area contributed by atoms with Gasteiger partial charge in [-0.1, -0.05) is 38.1 Å². The first-order valence-electron chi connectivity index (χ1n) is 11.0. The predicted molar refractivity (Wildman–Crippen MR) is 129 cm³/mol. The lowest BCUT2D eigenvalue weighted by Crippen LogP contribution is -2.36. The van der Waals surface area contributed by atoms with Gasteiger partial charge in [-0.25, -0.2) is 0 Å². The molecule has 2 aromatic rings. The third-order valence-electron chi connectivity index (χ3n) is 4.76. The lowest BCUT2D eigenvalue weighted by molar-refractivity contribution is -0.119. The number of hydrogen-bond donors (Lipinski definition) is 3. The molecule has 2 rings (SSSR count). The van der Waals surface area contributed by atoms with E-state index in [0.717, 1.165) is 23.3 Å². The molecule has 0 aromatic heterocycles. The number of rotatable bonds is 11. The normalized spacial score (nSPS) is 12.4. The van der Waals surface area contributed by atoms with Crippen LogP contribution in [0.3, 0.4) is 0 Å². The second kappa shape index (κ2) is 12.6. The van der Waals surface area contributed by atoms with Crippen molar-refractivity contribution in [2.75, 3.05) is 13.7 Å². The molecule has 7 heteroatoms. The van der Waals surface area contributed by atoms with Crippen LogP contribution in [0, 0.1) is 12.8 Å². The quantitative estimate of drug-likeness (QED) is 0.367. The molecule has 0 aliphatic carbocycles. The largest absolute Gasteiger partial charge is 0.490 e. The Labute approximate surface area is 191 Å². The highest BCUT2D eigenvalue weighted by Gasteiger charge is 2.11. The fourth-order valence-electron chi connectivity index (χ4n) is 3.33. The monoisotopic (exact) mass is 440 g/mol. The molecule has 1 unspecified atom stereocenters. The van der Waals surface area contributed by atoms with Crippen LogP contribution >= 0.6 is 0 Å². The van der Waals surface area contributed by atoms with Gasteiger partial charge >= 0.3 is 0 Å². The van der Waals surface area contributed by atoms with Gasteiger partial charge in [-0.15, -0.1) is 0 Å². The Morgan fingerprint density at radius 2 is 1.84 bits per heavy atom. The van der Waals surface area contributed by atoms with Gasteiger partial charge in [-0.2, -0.15) is 0 Å². The molecule has 2 aromatic carbocycles. The summed E-state index contributed by atoms with van der Waals surface area (Å²) in [5, 5.41) is 6.65. The minimum absolute atomic E-state index is 0.142. The van der Waals surface area contributed by atoms with Crippen molar-refractivity contribution in [3.63, 3.8) is 0 Å². The van der Waals surface area contributed by atoms with E-state index in [9.17, 15) is 4.79 Å². The van der Waals surface area contributed by atoms with Crippen LogP contribution in [-0.4, -0.2) is 31.6 Å². The molecule has 1 amide bonds. The minimum Gasteiger partial charge on any atom is -0.490 e. The first-order valence-corrected chi connectivity index (χ1v) is 11.0. The fourth-order valence-corrected chi connectivity index (χ4v) is 3.33. The smallest absolute Gasteiger partial charge is 0.255 e. The van der Waals surface area contributed by atoms with Crippen molar-refractivity contribution >= 4 is 11.9 Å². The van der Waals surface area contributed by atoms with Crippen LogP contribution in [0.15, 0.2) is 47.5 Å². The number of nitrogens with zero attached hydrogens (tertiary/aromatic N) is 1. The molecule has 0 heterocycles. The summed E-state index contributed by atoms with van der Waals surface area (Å²) in [5.41, 5.74) is 8.38. The van der Waals surface area contributed by atoms with E-state index < -0.39 is 5.91 Å². The van der Waals surface area contributed by atoms with Gasteiger partial charge in [0.2, 0.25) is 0 Å². The first kappa shape index (κ1) is 25.0. The van der Waals surface area contributed by atoms with E-state index >= 15 is 0 Å². The van der Waals surface area contributed by atoms with Crippen LogP contribution in [0.5, 0.6) is 11.5 Å². The number of carbonyl (C=O) groups is 1. The molecule has 0 aliphatic rings. The molecule has 0 fully saturated rings. The number of aryl methyl sites for hydroxylation is 1. The van der Waals surface area contributed by atoms with Gasteiger partial charge in [-0.05, 0) is 55.5 Å². The summed E-state index contributed by atoms with van der Waals surface area (Å²) in [6, 6.07) is 13.8. The zero-order chi connectivity index (χ0) is 23.5. The average Bonchev–Trinajstić information content (AvgIpc) is 2.73. The summed E-state index contributed by atoms with van der Waals surface area (Å²) >= 11 is 0. The Hall–Kier alpha value is -3.22. The SMILES string of the molecule is CN=C(NCc1cccc(OCC(N)=O)c1)NCc1ccc(C)cc1OC(C)CC(C)C. The molecular weight excluding hydrogens is 404 g/mol. The molecular formula is C25H36N4O3. The highest BCUT2D eigenvalue weighted by molar-refractivity contribution is 5.79. The standard InChI is InChI=1S/C25H36N4O3/c1-17(2)11-19(4)32-23-12-18(3)9-10-21(23)15-29-25(27-5)28-14-20-7-6-8-22(13-20)31-16-24(26)30/h6-10,12-13,17,19H,11,14-16H2,1-5H3,(H2,26,30)(H2,27,28,29). The van der Waals surface area contributed by atoms with E-state index in [-0.39, 0.29) is 12.7 Å². The maximum absolute atomic E-state index is 10.9. The Morgan fingerprint density at radius 1 is 1.09 bits per heavy atom. The van der Waals surface area contributed by atoms with Gasteiger partial charge in [0, 0.05) is 25.7 Å². The summed E-state index contributed by atoms with van der Waals surface area (Å²) in [6.07, 6.45) is 1.16. The summed E-state index contributed by atoms with van der Waals surface area (Å²) < 4.78 is 11.6. The topological polar surface area (TPSA) is 98.0 Å². The van der Waals surface area contributed by atoms with Crippen molar-refractivity contribution in [1.29, 1.82) is 0 Å². The maximum atomic E-state index is 10.9. The Bertz CT molecular complexity index is 912. The second-order valence-corrected chi connectivity index (χ2v) is 8.35. The van der Waals surface area contributed by atoms with Gasteiger partial charge in [0.05, 0.1) is 6.10 Å². The van der Waals surface area contributed by atoms with Gasteiger partial charge in [0.15, 0.2) is 12.6 Å². The molecule has 0 radical (unpaired) electrons. The van der Waals surface area contributed by atoms with Crippen LogP contribution in [0.25, 0.3) is 0 Å². The summed E-state index contributed by atoms with van der Waals surface area (Å²) in [4.78, 5) is 15.2. The fraction of sp³-hybridized carbons (Fsp3) is 0.440. The number of aliphatic imine (C=N–C) groups is 1. The Balaban J connectivity index is 1.95. The lowest BCUT2D eigenvalue weighted by Gasteiger charge is -2.20. The summed E-state index contributed by atoms with van der Waals surface area (Å²) in [5.74, 6) is 2.26. The number of primary amides is 1. The third-order valence-corrected chi connectivity index (χ3v) is 4.76. The minimum atomic E-state index is -0.504. The van der Waals surface area contributed by atoms with Crippen molar-refractivity contribution in [3.05, 3.63) is 59.2 Å². The number of nitrogens with two attached hydrogens (primary N) is 1. The molecule has 0 aliphatic heterocycles. The molecule has 1 atom stereocenters. The van der Waals surface area contributed by atoms with Crippen LogP contribution in [0.2, 0.25) is 0 Å². The number of guanidine groups is 1. The van der Waals surface area contributed by atoms with Crippen LogP contribution in [-0.2, 0) is 17.9 Å². The number of benzene rings is 2. The molecule has 0 saturated heterocycles. The van der Waals surface area contributed by atoms with Crippen LogP contribution < -0.4 is 25.8 Å². The molecule has 0 saturated carbocycles. The van der Waals surface area contributed by atoms with E-state index in [2.05, 4.69) is 61.5 Å². The number of amides is 1. The Morgan fingerprint density at radius 3 is 2.53 bits per heavy atom. The number of hydrogen-bond acceptors (Lipinski definition) is 4. The number of carbonyl (C=O) groups excluding carboxylic acids is 1. The molecule has 7 nitrogen and oxygen atoms in total. The van der Waals surface area contributed by atoms with Gasteiger partial charge < -0.3 is 25.8 Å². The summed E-state index contributed by atoms with van der Waals surface area (Å²) in [7, 11) is 1.74. The maximum Gasteiger partial charge on any atom is 0.255 e. The molecule has 0 bridgehead atoms. The van der Waals surface area contributed by atoms with E-state index in [4.69, 9.17) is 15.2 Å². The predicted octanol–water partition coefficient (Wildman–Crippen LogP) is 3.54. The zero-order valence-electron chi connectivity index (χ0n) is 19.8. The number of ether oxygens (including phenoxy) is 2. The second-order valence-electron chi connectivity index (χ2n) is 8.35. The molecule has 174 valence electrons. The van der Waals surface area contributed by atoms with Crippen molar-refractivity contribution in [2.24, 2.45) is 16.6 Å². The van der Waals surface area contributed by atoms with Crippen molar-refractivity contribution in [2.45, 2.75) is 53.3 Å². The molecule has 0 spiro atoms.